The third-order valence-corrected chi connectivity index (χ3v) is 3.02. The molecule has 1 aromatic heterocycles. The van der Waals surface area contributed by atoms with Crippen LogP contribution < -0.4 is 0 Å². The van der Waals surface area contributed by atoms with Gasteiger partial charge in [0.2, 0.25) is 0 Å². The third kappa shape index (κ3) is 1.47. The molecule has 0 aliphatic carbocycles. The standard InChI is InChI=1S/C15H11N3/c1-11-13-7-3-5-9-15(13)18(17-11)14-8-4-2-6-12(14)10-16/h2-9H,1H3. The van der Waals surface area contributed by atoms with Gasteiger partial charge < -0.3 is 0 Å². The molecule has 0 amide bonds. The van der Waals surface area contributed by atoms with Gasteiger partial charge in [-0.2, -0.15) is 10.4 Å². The van der Waals surface area contributed by atoms with Gasteiger partial charge in [-0.3, -0.25) is 0 Å². The maximum atomic E-state index is 9.17. The summed E-state index contributed by atoms with van der Waals surface area (Å²) >= 11 is 0. The molecule has 86 valence electrons. The van der Waals surface area contributed by atoms with Crippen molar-refractivity contribution < 1.29 is 0 Å². The molecule has 1 heterocycles. The van der Waals surface area contributed by atoms with E-state index in [2.05, 4.69) is 11.2 Å². The number of aromatic nitrogens is 2. The van der Waals surface area contributed by atoms with Crippen molar-refractivity contribution >= 4 is 10.9 Å². The van der Waals surface area contributed by atoms with E-state index in [0.29, 0.717) is 5.56 Å². The molecule has 3 heteroatoms. The van der Waals surface area contributed by atoms with Gasteiger partial charge in [-0.15, -0.1) is 0 Å². The minimum atomic E-state index is 0.630. The fourth-order valence-electron chi connectivity index (χ4n) is 2.16. The molecule has 0 fully saturated rings. The van der Waals surface area contributed by atoms with Crippen LogP contribution in [0.25, 0.3) is 16.6 Å². The van der Waals surface area contributed by atoms with Crippen molar-refractivity contribution in [2.75, 3.05) is 0 Å². The first kappa shape index (κ1) is 10.5. The van der Waals surface area contributed by atoms with Crippen LogP contribution in [-0.2, 0) is 0 Å². The lowest BCUT2D eigenvalue weighted by atomic mass is 10.2. The highest BCUT2D eigenvalue weighted by molar-refractivity contribution is 5.83. The highest BCUT2D eigenvalue weighted by Crippen LogP contribution is 2.23. The molecule has 0 unspecified atom stereocenters. The second kappa shape index (κ2) is 4.01. The molecule has 3 aromatic rings. The van der Waals surface area contributed by atoms with Crippen LogP contribution >= 0.6 is 0 Å². The number of para-hydroxylation sites is 2. The lowest BCUT2D eigenvalue weighted by Gasteiger charge is -2.04. The molecule has 18 heavy (non-hydrogen) atoms. The molecule has 0 radical (unpaired) electrons. The number of benzene rings is 2. The average molecular weight is 233 g/mol. The zero-order chi connectivity index (χ0) is 12.5. The summed E-state index contributed by atoms with van der Waals surface area (Å²) in [4.78, 5) is 0. The first-order valence-corrected chi connectivity index (χ1v) is 5.75. The average Bonchev–Trinajstić information content (AvgIpc) is 2.77. The molecule has 0 aliphatic heterocycles. The predicted molar refractivity (Wildman–Crippen MR) is 70.5 cm³/mol. The molecule has 0 saturated carbocycles. The van der Waals surface area contributed by atoms with Gasteiger partial charge in [0.15, 0.2) is 0 Å². The number of rotatable bonds is 1. The van der Waals surface area contributed by atoms with Gasteiger partial charge in [0, 0.05) is 5.39 Å². The van der Waals surface area contributed by atoms with Crippen molar-refractivity contribution in [3.8, 4) is 11.8 Å². The highest BCUT2D eigenvalue weighted by atomic mass is 15.3. The van der Waals surface area contributed by atoms with Gasteiger partial charge in [0.25, 0.3) is 0 Å². The van der Waals surface area contributed by atoms with Crippen LogP contribution in [0.5, 0.6) is 0 Å². The van der Waals surface area contributed by atoms with E-state index in [4.69, 9.17) is 5.26 Å². The quantitative estimate of drug-likeness (QED) is 0.647. The van der Waals surface area contributed by atoms with E-state index < -0.39 is 0 Å². The van der Waals surface area contributed by atoms with Crippen LogP contribution in [0.3, 0.4) is 0 Å². The summed E-state index contributed by atoms with van der Waals surface area (Å²) in [5.41, 5.74) is 3.45. The van der Waals surface area contributed by atoms with Crippen LogP contribution in [0.2, 0.25) is 0 Å². The molecule has 3 nitrogen and oxygen atoms in total. The Morgan fingerprint density at radius 2 is 1.78 bits per heavy atom. The summed E-state index contributed by atoms with van der Waals surface area (Å²) in [7, 11) is 0. The fourth-order valence-corrected chi connectivity index (χ4v) is 2.16. The van der Waals surface area contributed by atoms with Crippen molar-refractivity contribution in [2.24, 2.45) is 0 Å². The second-order valence-corrected chi connectivity index (χ2v) is 4.14. The Balaban J connectivity index is 2.36. The molecule has 3 rings (SSSR count). The van der Waals surface area contributed by atoms with Crippen LogP contribution in [0.15, 0.2) is 48.5 Å². The van der Waals surface area contributed by atoms with Crippen molar-refractivity contribution in [1.82, 2.24) is 9.78 Å². The normalized spacial score (nSPS) is 10.4. The van der Waals surface area contributed by atoms with Crippen molar-refractivity contribution in [1.29, 1.82) is 5.26 Å². The molecule has 0 atom stereocenters. The van der Waals surface area contributed by atoms with E-state index in [-0.39, 0.29) is 0 Å². The van der Waals surface area contributed by atoms with Gasteiger partial charge in [-0.25, -0.2) is 4.68 Å². The van der Waals surface area contributed by atoms with Gasteiger partial charge >= 0.3 is 0 Å². The Kier molecular flexibility index (Phi) is 2.35. The molecular weight excluding hydrogens is 222 g/mol. The van der Waals surface area contributed by atoms with Gasteiger partial charge in [0.1, 0.15) is 6.07 Å². The SMILES string of the molecule is Cc1nn(-c2ccccc2C#N)c2ccccc12. The van der Waals surface area contributed by atoms with E-state index in [1.807, 2.05) is 54.1 Å². The summed E-state index contributed by atoms with van der Waals surface area (Å²) in [6.07, 6.45) is 0. The Bertz CT molecular complexity index is 763. The first-order chi connectivity index (χ1) is 8.81. The van der Waals surface area contributed by atoms with Crippen molar-refractivity contribution in [2.45, 2.75) is 6.92 Å². The molecule has 0 aliphatic rings. The summed E-state index contributed by atoms with van der Waals surface area (Å²) < 4.78 is 1.84. The highest BCUT2D eigenvalue weighted by Gasteiger charge is 2.10. The molecule has 0 spiro atoms. The van der Waals surface area contributed by atoms with Gasteiger partial charge in [0.05, 0.1) is 22.5 Å². The number of fused-ring (bicyclic) bond motifs is 1. The Labute approximate surface area is 105 Å². The number of hydrogen-bond acceptors (Lipinski definition) is 2. The maximum absolute atomic E-state index is 9.17. The molecule has 0 bridgehead atoms. The Morgan fingerprint density at radius 1 is 1.06 bits per heavy atom. The van der Waals surface area contributed by atoms with Crippen molar-refractivity contribution in [3.63, 3.8) is 0 Å². The number of nitrogens with zero attached hydrogens (tertiary/aromatic N) is 3. The third-order valence-electron chi connectivity index (χ3n) is 3.02. The van der Waals surface area contributed by atoms with E-state index in [9.17, 15) is 0 Å². The minimum absolute atomic E-state index is 0.630. The first-order valence-electron chi connectivity index (χ1n) is 5.75. The molecule has 2 aromatic carbocycles. The van der Waals surface area contributed by atoms with E-state index in [0.717, 1.165) is 22.3 Å². The Morgan fingerprint density at radius 3 is 2.61 bits per heavy atom. The molecular formula is C15H11N3. The number of aryl methyl sites for hydroxylation is 1. The summed E-state index contributed by atoms with van der Waals surface area (Å²) in [5.74, 6) is 0. The lowest BCUT2D eigenvalue weighted by molar-refractivity contribution is 0.886. The zero-order valence-corrected chi connectivity index (χ0v) is 9.96. The molecule has 0 N–H and O–H groups in total. The maximum Gasteiger partial charge on any atom is 0.101 e. The minimum Gasteiger partial charge on any atom is -0.231 e. The van der Waals surface area contributed by atoms with E-state index >= 15 is 0 Å². The fraction of sp³-hybridized carbons (Fsp3) is 0.0667. The van der Waals surface area contributed by atoms with E-state index in [1.54, 1.807) is 6.07 Å². The second-order valence-electron chi connectivity index (χ2n) is 4.14. The summed E-state index contributed by atoms with van der Waals surface area (Å²) in [6.45, 7) is 1.98. The Hall–Kier alpha value is -2.60. The van der Waals surface area contributed by atoms with Crippen LogP contribution in [0.1, 0.15) is 11.3 Å². The smallest absolute Gasteiger partial charge is 0.101 e. The predicted octanol–water partition coefficient (Wildman–Crippen LogP) is 3.21. The zero-order valence-electron chi connectivity index (χ0n) is 9.96. The van der Waals surface area contributed by atoms with Gasteiger partial charge in [-0.1, -0.05) is 30.3 Å². The van der Waals surface area contributed by atoms with Crippen LogP contribution in [0, 0.1) is 18.3 Å². The topological polar surface area (TPSA) is 41.6 Å². The monoisotopic (exact) mass is 233 g/mol. The van der Waals surface area contributed by atoms with Crippen molar-refractivity contribution in [3.05, 3.63) is 59.8 Å². The lowest BCUT2D eigenvalue weighted by Crippen LogP contribution is -1.99. The van der Waals surface area contributed by atoms with Gasteiger partial charge in [-0.05, 0) is 25.1 Å². The summed E-state index contributed by atoms with van der Waals surface area (Å²) in [5, 5.41) is 14.8. The number of hydrogen-bond donors (Lipinski definition) is 0. The van der Waals surface area contributed by atoms with E-state index in [1.165, 1.54) is 0 Å². The van der Waals surface area contributed by atoms with Crippen LogP contribution in [-0.4, -0.2) is 9.78 Å². The van der Waals surface area contributed by atoms with Crippen LogP contribution in [0.4, 0.5) is 0 Å². The molecule has 0 saturated heterocycles. The summed E-state index contributed by atoms with van der Waals surface area (Å²) in [6, 6.07) is 17.7. The number of nitriles is 1. The largest absolute Gasteiger partial charge is 0.231 e.